The van der Waals surface area contributed by atoms with Crippen LogP contribution in [0.25, 0.3) is 0 Å². The van der Waals surface area contributed by atoms with E-state index < -0.39 is 0 Å². The molecule has 112 valence electrons. The van der Waals surface area contributed by atoms with Crippen molar-refractivity contribution in [2.45, 2.75) is 43.6 Å². The van der Waals surface area contributed by atoms with Gasteiger partial charge in [-0.15, -0.1) is 0 Å². The normalized spacial score (nSPS) is 28.8. The predicted molar refractivity (Wildman–Crippen MR) is 80.9 cm³/mol. The van der Waals surface area contributed by atoms with Gasteiger partial charge in [0.25, 0.3) is 0 Å². The molecule has 1 N–H and O–H groups in total. The molecule has 0 aromatic carbocycles. The Morgan fingerprint density at radius 1 is 1.24 bits per heavy atom. The molecule has 1 aromatic heterocycles. The lowest BCUT2D eigenvalue weighted by atomic mass is 9.74. The summed E-state index contributed by atoms with van der Waals surface area (Å²) >= 11 is 0. The fourth-order valence-corrected chi connectivity index (χ4v) is 4.10. The smallest absolute Gasteiger partial charge is 0.221 e. The summed E-state index contributed by atoms with van der Waals surface area (Å²) in [6.45, 7) is 3.51. The summed E-state index contributed by atoms with van der Waals surface area (Å²) in [5, 5.41) is 3.32. The molecule has 0 unspecified atom stereocenters. The van der Waals surface area contributed by atoms with Crippen molar-refractivity contribution in [3.8, 4) is 0 Å². The first-order chi connectivity index (χ1) is 10.3. The fraction of sp³-hybridized carbons (Fsp3) is 0.647. The van der Waals surface area contributed by atoms with E-state index in [-0.39, 0.29) is 11.4 Å². The highest BCUT2D eigenvalue weighted by Gasteiger charge is 2.48. The average molecular weight is 285 g/mol. The Morgan fingerprint density at radius 3 is 2.62 bits per heavy atom. The van der Waals surface area contributed by atoms with Crippen LogP contribution in [0.1, 0.15) is 43.6 Å². The van der Waals surface area contributed by atoms with Crippen LogP contribution in [0.5, 0.6) is 0 Å². The van der Waals surface area contributed by atoms with Gasteiger partial charge in [-0.3, -0.25) is 9.78 Å². The van der Waals surface area contributed by atoms with Crippen molar-refractivity contribution in [2.24, 2.45) is 5.92 Å². The van der Waals surface area contributed by atoms with Crippen molar-refractivity contribution >= 4 is 5.91 Å². The molecule has 4 nitrogen and oxygen atoms in total. The zero-order valence-corrected chi connectivity index (χ0v) is 12.4. The lowest BCUT2D eigenvalue weighted by Crippen LogP contribution is -2.53. The van der Waals surface area contributed by atoms with Gasteiger partial charge in [0.15, 0.2) is 0 Å². The zero-order valence-electron chi connectivity index (χ0n) is 12.4. The number of nitrogens with zero attached hydrogens (tertiary/aromatic N) is 2. The van der Waals surface area contributed by atoms with E-state index in [2.05, 4.69) is 27.3 Å². The molecule has 2 saturated heterocycles. The molecule has 3 heterocycles. The molecule has 3 aliphatic rings. The maximum absolute atomic E-state index is 12.0. The second-order valence-electron chi connectivity index (χ2n) is 6.99. The summed E-state index contributed by atoms with van der Waals surface area (Å²) in [6.07, 6.45) is 9.31. The van der Waals surface area contributed by atoms with Gasteiger partial charge in [-0.1, -0.05) is 0 Å². The van der Waals surface area contributed by atoms with Crippen LogP contribution in [-0.4, -0.2) is 41.0 Å². The van der Waals surface area contributed by atoms with Gasteiger partial charge in [-0.25, -0.2) is 0 Å². The van der Waals surface area contributed by atoms with Crippen molar-refractivity contribution in [3.63, 3.8) is 0 Å². The number of likely N-dealkylation sites (tertiary alicyclic amines) is 1. The second-order valence-corrected chi connectivity index (χ2v) is 6.99. The van der Waals surface area contributed by atoms with Gasteiger partial charge >= 0.3 is 0 Å². The summed E-state index contributed by atoms with van der Waals surface area (Å²) < 4.78 is 0. The lowest BCUT2D eigenvalue weighted by molar-refractivity contribution is -0.120. The fourth-order valence-electron chi connectivity index (χ4n) is 4.10. The first kappa shape index (κ1) is 13.3. The van der Waals surface area contributed by atoms with Gasteiger partial charge in [-0.05, 0) is 49.3 Å². The summed E-state index contributed by atoms with van der Waals surface area (Å²) in [7, 11) is 0. The van der Waals surface area contributed by atoms with E-state index in [0.717, 1.165) is 31.8 Å². The highest BCUT2D eigenvalue weighted by molar-refractivity contribution is 5.81. The Morgan fingerprint density at radius 2 is 1.95 bits per heavy atom. The van der Waals surface area contributed by atoms with Crippen LogP contribution in [0.3, 0.4) is 0 Å². The molecular weight excluding hydrogens is 262 g/mol. The van der Waals surface area contributed by atoms with Crippen LogP contribution in [0.2, 0.25) is 0 Å². The number of rotatable bonds is 3. The van der Waals surface area contributed by atoms with Crippen molar-refractivity contribution in [1.29, 1.82) is 0 Å². The van der Waals surface area contributed by atoms with Crippen molar-refractivity contribution in [3.05, 3.63) is 30.1 Å². The first-order valence-corrected chi connectivity index (χ1v) is 8.18. The Labute approximate surface area is 125 Å². The van der Waals surface area contributed by atoms with E-state index in [1.54, 1.807) is 0 Å². The van der Waals surface area contributed by atoms with Crippen molar-refractivity contribution < 1.29 is 4.79 Å². The number of nitrogens with one attached hydrogen (secondary N) is 1. The maximum atomic E-state index is 12.0. The minimum Gasteiger partial charge on any atom is -0.350 e. The highest BCUT2D eigenvalue weighted by atomic mass is 16.2. The molecule has 1 aromatic rings. The standard InChI is InChI=1S/C17H23N3O/c21-16-11-15(14-3-7-18-8-4-14)17(19-16)5-9-20(10-6-17)12-13-1-2-13/h3-4,7-8,13,15H,1-2,5-6,9-12H2,(H,19,21)/t15-/m1/s1. The third kappa shape index (κ3) is 2.57. The Bertz CT molecular complexity index is 518. The molecule has 2 aliphatic heterocycles. The van der Waals surface area contributed by atoms with Crippen LogP contribution in [0.15, 0.2) is 24.5 Å². The number of hydrogen-bond acceptors (Lipinski definition) is 3. The number of carbonyl (C=O) groups excluding carboxylic acids is 1. The number of pyridine rings is 1. The van der Waals surface area contributed by atoms with Crippen LogP contribution in [-0.2, 0) is 4.79 Å². The van der Waals surface area contributed by atoms with E-state index in [0.29, 0.717) is 12.3 Å². The monoisotopic (exact) mass is 285 g/mol. The number of carbonyl (C=O) groups is 1. The van der Waals surface area contributed by atoms with Crippen LogP contribution >= 0.6 is 0 Å². The summed E-state index contributed by atoms with van der Waals surface area (Å²) in [4.78, 5) is 18.7. The van der Waals surface area contributed by atoms with E-state index in [1.807, 2.05) is 12.4 Å². The molecule has 3 fully saturated rings. The highest BCUT2D eigenvalue weighted by Crippen LogP contribution is 2.43. The molecule has 1 atom stereocenters. The van der Waals surface area contributed by atoms with Gasteiger partial charge in [0.1, 0.15) is 0 Å². The second kappa shape index (κ2) is 5.09. The van der Waals surface area contributed by atoms with Gasteiger partial charge in [0.2, 0.25) is 5.91 Å². The van der Waals surface area contributed by atoms with Gasteiger partial charge < -0.3 is 10.2 Å². The van der Waals surface area contributed by atoms with Crippen molar-refractivity contribution in [1.82, 2.24) is 15.2 Å². The third-order valence-electron chi connectivity index (χ3n) is 5.51. The topological polar surface area (TPSA) is 45.2 Å². The molecule has 1 aliphatic carbocycles. The average Bonchev–Trinajstić information content (AvgIpc) is 3.26. The number of amides is 1. The van der Waals surface area contributed by atoms with Crippen LogP contribution < -0.4 is 5.32 Å². The quantitative estimate of drug-likeness (QED) is 0.923. The predicted octanol–water partition coefficient (Wildman–Crippen LogP) is 1.93. The third-order valence-corrected chi connectivity index (χ3v) is 5.51. The first-order valence-electron chi connectivity index (χ1n) is 8.18. The zero-order chi connectivity index (χ0) is 14.3. The summed E-state index contributed by atoms with van der Waals surface area (Å²) in [6, 6.07) is 4.15. The molecular formula is C17H23N3O. The van der Waals surface area contributed by atoms with E-state index >= 15 is 0 Å². The largest absolute Gasteiger partial charge is 0.350 e. The molecule has 0 radical (unpaired) electrons. The number of hydrogen-bond donors (Lipinski definition) is 1. The molecule has 1 saturated carbocycles. The Kier molecular flexibility index (Phi) is 3.21. The molecule has 0 bridgehead atoms. The number of piperidine rings is 1. The van der Waals surface area contributed by atoms with Gasteiger partial charge in [0, 0.05) is 49.9 Å². The Balaban J connectivity index is 1.50. The van der Waals surface area contributed by atoms with Gasteiger partial charge in [-0.2, -0.15) is 0 Å². The molecule has 1 spiro atoms. The summed E-state index contributed by atoms with van der Waals surface area (Å²) in [5.41, 5.74) is 1.25. The Hall–Kier alpha value is -1.42. The minimum atomic E-state index is -0.0154. The van der Waals surface area contributed by atoms with E-state index in [4.69, 9.17) is 0 Å². The van der Waals surface area contributed by atoms with Gasteiger partial charge in [0.05, 0.1) is 0 Å². The molecule has 21 heavy (non-hydrogen) atoms. The lowest BCUT2D eigenvalue weighted by Gasteiger charge is -2.43. The molecule has 4 heteroatoms. The maximum Gasteiger partial charge on any atom is 0.221 e. The van der Waals surface area contributed by atoms with Crippen LogP contribution in [0.4, 0.5) is 0 Å². The number of aromatic nitrogens is 1. The van der Waals surface area contributed by atoms with E-state index in [9.17, 15) is 4.79 Å². The molecule has 4 rings (SSSR count). The summed E-state index contributed by atoms with van der Waals surface area (Å²) in [5.74, 6) is 1.48. The van der Waals surface area contributed by atoms with E-state index in [1.165, 1.54) is 24.9 Å². The molecule has 1 amide bonds. The van der Waals surface area contributed by atoms with Crippen LogP contribution in [0, 0.1) is 5.92 Å². The SMILES string of the molecule is O=C1C[C@H](c2ccncc2)C2(CCN(CC3CC3)CC2)N1. The van der Waals surface area contributed by atoms with Crippen molar-refractivity contribution in [2.75, 3.05) is 19.6 Å². The minimum absolute atomic E-state index is 0.0154.